The predicted octanol–water partition coefficient (Wildman–Crippen LogP) is 6.68. The number of rotatable bonds is 10. The molecular weight excluding hydrogens is 552 g/mol. The molecule has 0 bridgehead atoms. The number of benzene rings is 4. The van der Waals surface area contributed by atoms with Crippen molar-refractivity contribution >= 4 is 38.5 Å². The Hall–Kier alpha value is -3.64. The van der Waals surface area contributed by atoms with E-state index in [2.05, 4.69) is 21.2 Å². The molecular formula is C33H33BrN2O3. The van der Waals surface area contributed by atoms with Crippen LogP contribution in [-0.4, -0.2) is 35.4 Å². The largest absolute Gasteiger partial charge is 0.483 e. The Morgan fingerprint density at radius 3 is 2.31 bits per heavy atom. The van der Waals surface area contributed by atoms with Gasteiger partial charge in [0.25, 0.3) is 5.91 Å². The molecule has 200 valence electrons. The summed E-state index contributed by atoms with van der Waals surface area (Å²) in [5.74, 6) is 0.315. The quantitative estimate of drug-likeness (QED) is 0.226. The van der Waals surface area contributed by atoms with Gasteiger partial charge in [0.05, 0.1) is 0 Å². The summed E-state index contributed by atoms with van der Waals surface area (Å²) in [7, 11) is 0. The van der Waals surface area contributed by atoms with Gasteiger partial charge in [-0.25, -0.2) is 0 Å². The molecule has 0 radical (unpaired) electrons. The second-order valence-electron chi connectivity index (χ2n) is 10.1. The molecule has 1 aliphatic rings. The van der Waals surface area contributed by atoms with Crippen LogP contribution in [0.2, 0.25) is 0 Å². The summed E-state index contributed by atoms with van der Waals surface area (Å²) < 4.78 is 7.06. The van der Waals surface area contributed by atoms with Crippen molar-refractivity contribution in [2.75, 3.05) is 6.61 Å². The normalized spacial score (nSPS) is 14.2. The third kappa shape index (κ3) is 7.07. The van der Waals surface area contributed by atoms with Gasteiger partial charge in [-0.2, -0.15) is 0 Å². The first kappa shape index (κ1) is 26.9. The maximum absolute atomic E-state index is 13.9. The van der Waals surface area contributed by atoms with E-state index in [1.807, 2.05) is 97.1 Å². The first-order valence-corrected chi connectivity index (χ1v) is 14.3. The molecule has 0 spiro atoms. The molecule has 39 heavy (non-hydrogen) atoms. The number of fused-ring (bicyclic) bond motifs is 1. The Kier molecular flexibility index (Phi) is 8.94. The molecule has 0 saturated heterocycles. The van der Waals surface area contributed by atoms with Crippen molar-refractivity contribution in [1.29, 1.82) is 0 Å². The lowest BCUT2D eigenvalue weighted by atomic mass is 10.0. The summed E-state index contributed by atoms with van der Waals surface area (Å²) in [6.45, 7) is 0.146. The fraction of sp³-hybridized carbons (Fsp3) is 0.273. The maximum atomic E-state index is 13.9. The van der Waals surface area contributed by atoms with E-state index in [0.717, 1.165) is 52.1 Å². The summed E-state index contributed by atoms with van der Waals surface area (Å²) in [4.78, 5) is 29.4. The lowest BCUT2D eigenvalue weighted by Gasteiger charge is -2.32. The highest BCUT2D eigenvalue weighted by molar-refractivity contribution is 9.10. The molecule has 0 heterocycles. The van der Waals surface area contributed by atoms with Gasteiger partial charge in [-0.1, -0.05) is 108 Å². The standard InChI is InChI=1S/C33H33BrN2O3/c34-27-19-17-25(18-20-27)22-36(32(37)23-39-31-16-8-12-26-11-4-7-15-29(26)31)30(21-24-9-2-1-3-10-24)33(38)35-28-13-5-6-14-28/h1-4,7-12,15-20,28,30H,5-6,13-14,21-23H2,(H,35,38)/t30-/m0/s1. The van der Waals surface area contributed by atoms with E-state index in [9.17, 15) is 9.59 Å². The first-order valence-electron chi connectivity index (χ1n) is 13.6. The molecule has 4 aromatic carbocycles. The summed E-state index contributed by atoms with van der Waals surface area (Å²) >= 11 is 3.49. The minimum Gasteiger partial charge on any atom is -0.483 e. The second-order valence-corrected chi connectivity index (χ2v) is 11.0. The number of ether oxygens (including phenoxy) is 1. The number of hydrogen-bond acceptors (Lipinski definition) is 3. The van der Waals surface area contributed by atoms with Gasteiger partial charge < -0.3 is 15.0 Å². The number of nitrogens with zero attached hydrogens (tertiary/aromatic N) is 1. The van der Waals surface area contributed by atoms with Crippen LogP contribution in [-0.2, 0) is 22.6 Å². The van der Waals surface area contributed by atoms with Crippen molar-refractivity contribution in [1.82, 2.24) is 10.2 Å². The van der Waals surface area contributed by atoms with Crippen LogP contribution in [0.1, 0.15) is 36.8 Å². The van der Waals surface area contributed by atoms with Gasteiger partial charge >= 0.3 is 0 Å². The lowest BCUT2D eigenvalue weighted by Crippen LogP contribution is -2.53. The Balaban J connectivity index is 1.43. The molecule has 0 unspecified atom stereocenters. The Labute approximate surface area is 238 Å². The SMILES string of the molecule is O=C(NC1CCCC1)[C@H](Cc1ccccc1)N(Cc1ccc(Br)cc1)C(=O)COc1cccc2ccccc12. The molecule has 2 amide bonds. The molecule has 0 aromatic heterocycles. The molecule has 0 aliphatic heterocycles. The topological polar surface area (TPSA) is 58.6 Å². The number of carbonyl (C=O) groups is 2. The summed E-state index contributed by atoms with van der Waals surface area (Å²) in [5.41, 5.74) is 1.95. The van der Waals surface area contributed by atoms with Gasteiger partial charge in [-0.3, -0.25) is 9.59 Å². The Morgan fingerprint density at radius 1 is 0.846 bits per heavy atom. The van der Waals surface area contributed by atoms with Gasteiger partial charge in [0.1, 0.15) is 11.8 Å². The van der Waals surface area contributed by atoms with Crippen molar-refractivity contribution < 1.29 is 14.3 Å². The smallest absolute Gasteiger partial charge is 0.261 e. The van der Waals surface area contributed by atoms with E-state index in [4.69, 9.17) is 4.74 Å². The molecule has 1 N–H and O–H groups in total. The summed E-state index contributed by atoms with van der Waals surface area (Å²) in [6, 6.07) is 31.0. The van der Waals surface area contributed by atoms with Crippen molar-refractivity contribution in [2.24, 2.45) is 0 Å². The third-order valence-electron chi connectivity index (χ3n) is 7.34. The Bertz CT molecular complexity index is 1400. The number of carbonyl (C=O) groups excluding carboxylic acids is 2. The van der Waals surface area contributed by atoms with E-state index < -0.39 is 6.04 Å². The zero-order valence-electron chi connectivity index (χ0n) is 21.9. The van der Waals surface area contributed by atoms with E-state index in [1.54, 1.807) is 4.90 Å². The van der Waals surface area contributed by atoms with Gasteiger partial charge in [0, 0.05) is 28.9 Å². The highest BCUT2D eigenvalue weighted by Crippen LogP contribution is 2.26. The minimum absolute atomic E-state index is 0.110. The zero-order chi connectivity index (χ0) is 27.0. The number of halogens is 1. The van der Waals surface area contributed by atoms with E-state index in [0.29, 0.717) is 18.7 Å². The number of hydrogen-bond donors (Lipinski definition) is 1. The molecule has 5 nitrogen and oxygen atoms in total. The highest BCUT2D eigenvalue weighted by atomic mass is 79.9. The van der Waals surface area contributed by atoms with Crippen LogP contribution in [0, 0.1) is 0 Å². The van der Waals surface area contributed by atoms with Crippen LogP contribution in [0.15, 0.2) is 102 Å². The van der Waals surface area contributed by atoms with Crippen LogP contribution >= 0.6 is 15.9 Å². The zero-order valence-corrected chi connectivity index (χ0v) is 23.5. The average molecular weight is 586 g/mol. The van der Waals surface area contributed by atoms with E-state index in [-0.39, 0.29) is 24.5 Å². The number of nitrogens with one attached hydrogen (secondary N) is 1. The fourth-order valence-electron chi connectivity index (χ4n) is 5.25. The molecule has 6 heteroatoms. The first-order chi connectivity index (χ1) is 19.1. The summed E-state index contributed by atoms with van der Waals surface area (Å²) in [6.07, 6.45) is 4.63. The van der Waals surface area contributed by atoms with Crippen molar-refractivity contribution in [3.8, 4) is 5.75 Å². The van der Waals surface area contributed by atoms with Crippen LogP contribution in [0.4, 0.5) is 0 Å². The van der Waals surface area contributed by atoms with Crippen molar-refractivity contribution in [2.45, 2.75) is 50.7 Å². The fourth-order valence-corrected chi connectivity index (χ4v) is 5.52. The maximum Gasteiger partial charge on any atom is 0.261 e. The van der Waals surface area contributed by atoms with Crippen molar-refractivity contribution in [3.63, 3.8) is 0 Å². The van der Waals surface area contributed by atoms with Gasteiger partial charge in [0.2, 0.25) is 5.91 Å². The van der Waals surface area contributed by atoms with E-state index in [1.165, 1.54) is 0 Å². The van der Waals surface area contributed by atoms with Crippen LogP contribution in [0.25, 0.3) is 10.8 Å². The lowest BCUT2D eigenvalue weighted by molar-refractivity contribution is -0.143. The van der Waals surface area contributed by atoms with Crippen LogP contribution < -0.4 is 10.1 Å². The Morgan fingerprint density at radius 2 is 1.54 bits per heavy atom. The predicted molar refractivity (Wildman–Crippen MR) is 158 cm³/mol. The highest BCUT2D eigenvalue weighted by Gasteiger charge is 2.32. The van der Waals surface area contributed by atoms with E-state index >= 15 is 0 Å². The van der Waals surface area contributed by atoms with Crippen molar-refractivity contribution in [3.05, 3.63) is 113 Å². The molecule has 1 saturated carbocycles. The van der Waals surface area contributed by atoms with Gasteiger partial charge in [-0.15, -0.1) is 0 Å². The van der Waals surface area contributed by atoms with Crippen LogP contribution in [0.5, 0.6) is 5.75 Å². The van der Waals surface area contributed by atoms with Gasteiger partial charge in [0.15, 0.2) is 6.61 Å². The molecule has 5 rings (SSSR count). The summed E-state index contributed by atoms with van der Waals surface area (Å²) in [5, 5.41) is 5.25. The average Bonchev–Trinajstić information content (AvgIpc) is 3.48. The molecule has 1 fully saturated rings. The third-order valence-corrected chi connectivity index (χ3v) is 7.87. The van der Waals surface area contributed by atoms with Crippen LogP contribution in [0.3, 0.4) is 0 Å². The van der Waals surface area contributed by atoms with Gasteiger partial charge in [-0.05, 0) is 47.6 Å². The molecule has 1 aliphatic carbocycles. The monoisotopic (exact) mass is 584 g/mol. The molecule has 1 atom stereocenters. The number of amides is 2. The molecule has 4 aromatic rings. The second kappa shape index (κ2) is 12.9. The minimum atomic E-state index is -0.666.